The van der Waals surface area contributed by atoms with Crippen molar-refractivity contribution in [2.24, 2.45) is 17.6 Å². The predicted octanol–water partition coefficient (Wildman–Crippen LogP) is 0.267. The topological polar surface area (TPSA) is 189 Å². The summed E-state index contributed by atoms with van der Waals surface area (Å²) in [5.41, 5.74) is 4.33. The molecule has 0 aromatic heterocycles. The second-order valence-corrected chi connectivity index (χ2v) is 9.35. The molecule has 4 amide bonds. The lowest BCUT2D eigenvalue weighted by atomic mass is 9.96. The molecule has 0 heterocycles. The van der Waals surface area contributed by atoms with Gasteiger partial charge in [0.2, 0.25) is 17.7 Å². The molecule has 0 aromatic carbocycles. The van der Waals surface area contributed by atoms with Crippen LogP contribution in [0.2, 0.25) is 0 Å². The third-order valence-corrected chi connectivity index (χ3v) is 5.24. The molecule has 0 fully saturated rings. The highest BCUT2D eigenvalue weighted by Crippen LogP contribution is 2.12. The molecule has 0 saturated carbocycles. The fourth-order valence-electron chi connectivity index (χ4n) is 2.91. The molecule has 0 aliphatic carbocycles. The molecule has 0 aliphatic heterocycles. The fraction of sp³-hybridized carbons (Fsp3) is 0.696. The van der Waals surface area contributed by atoms with Crippen LogP contribution >= 0.6 is 0 Å². The summed E-state index contributed by atoms with van der Waals surface area (Å²) < 4.78 is 4.73. The molecule has 4 atom stereocenters. The van der Waals surface area contributed by atoms with E-state index in [0.717, 1.165) is 0 Å². The molecule has 0 radical (unpaired) electrons. The molecule has 0 spiro atoms. The third kappa shape index (κ3) is 11.7. The van der Waals surface area contributed by atoms with E-state index < -0.39 is 53.4 Å². The molecule has 0 aliphatic rings. The van der Waals surface area contributed by atoms with E-state index in [1.54, 1.807) is 6.92 Å². The SMILES string of the molecule is C=CCOC(=O)NC[C@H](N)C(=O)NC(C)(C)C(=O)N[C@@H](CC(C)C)C(=O)N[C@H](C(=O)O)[C@@H](C)CC. The van der Waals surface area contributed by atoms with Crippen LogP contribution in [0.1, 0.15) is 54.4 Å². The number of carboxylic acid groups (broad SMARTS) is 1. The van der Waals surface area contributed by atoms with E-state index in [1.165, 1.54) is 19.9 Å². The predicted molar refractivity (Wildman–Crippen MR) is 130 cm³/mol. The second-order valence-electron chi connectivity index (χ2n) is 9.35. The van der Waals surface area contributed by atoms with Gasteiger partial charge in [0.15, 0.2) is 0 Å². The maximum atomic E-state index is 13.0. The minimum atomic E-state index is -1.46. The van der Waals surface area contributed by atoms with Gasteiger partial charge in [0, 0.05) is 6.54 Å². The molecule has 0 bridgehead atoms. The number of nitrogens with two attached hydrogens (primary N) is 1. The van der Waals surface area contributed by atoms with Crippen LogP contribution in [-0.2, 0) is 23.9 Å². The van der Waals surface area contributed by atoms with Crippen molar-refractivity contribution in [1.82, 2.24) is 21.3 Å². The minimum Gasteiger partial charge on any atom is -0.480 e. The Kier molecular flexibility index (Phi) is 13.6. The number of alkyl carbamates (subject to hydrolysis) is 1. The van der Waals surface area contributed by atoms with Gasteiger partial charge in [-0.1, -0.05) is 46.8 Å². The normalized spacial score (nSPS) is 14.6. The van der Waals surface area contributed by atoms with Gasteiger partial charge in [-0.15, -0.1) is 0 Å². The Morgan fingerprint density at radius 1 is 1.09 bits per heavy atom. The quantitative estimate of drug-likeness (QED) is 0.173. The summed E-state index contributed by atoms with van der Waals surface area (Å²) in [6, 6.07) is -3.28. The number of carbonyl (C=O) groups excluding carboxylic acids is 4. The van der Waals surface area contributed by atoms with Gasteiger partial charge in [0.25, 0.3) is 0 Å². The lowest BCUT2D eigenvalue weighted by Crippen LogP contribution is -2.62. The lowest BCUT2D eigenvalue weighted by Gasteiger charge is -2.30. The first kappa shape index (κ1) is 31.9. The van der Waals surface area contributed by atoms with Crippen molar-refractivity contribution in [1.29, 1.82) is 0 Å². The summed E-state index contributed by atoms with van der Waals surface area (Å²) in [5.74, 6) is -3.45. The van der Waals surface area contributed by atoms with Crippen molar-refractivity contribution < 1.29 is 33.8 Å². The van der Waals surface area contributed by atoms with Gasteiger partial charge in [-0.25, -0.2) is 9.59 Å². The zero-order valence-electron chi connectivity index (χ0n) is 21.5. The van der Waals surface area contributed by atoms with E-state index in [0.29, 0.717) is 6.42 Å². The van der Waals surface area contributed by atoms with Gasteiger partial charge < -0.3 is 36.8 Å². The monoisotopic (exact) mass is 499 g/mol. The highest BCUT2D eigenvalue weighted by atomic mass is 16.5. The average Bonchev–Trinajstić information content (AvgIpc) is 2.77. The van der Waals surface area contributed by atoms with Gasteiger partial charge in [0.05, 0.1) is 0 Å². The summed E-state index contributed by atoms with van der Waals surface area (Å²) >= 11 is 0. The number of carbonyl (C=O) groups is 5. The van der Waals surface area contributed by atoms with Gasteiger partial charge >= 0.3 is 12.1 Å². The summed E-state index contributed by atoms with van der Waals surface area (Å²) in [6.07, 6.45) is 1.40. The highest BCUT2D eigenvalue weighted by Gasteiger charge is 2.35. The molecular weight excluding hydrogens is 458 g/mol. The Balaban J connectivity index is 5.24. The first-order valence-electron chi connectivity index (χ1n) is 11.6. The third-order valence-electron chi connectivity index (χ3n) is 5.24. The Morgan fingerprint density at radius 2 is 1.69 bits per heavy atom. The van der Waals surface area contributed by atoms with Crippen LogP contribution in [0.25, 0.3) is 0 Å². The highest BCUT2D eigenvalue weighted by molar-refractivity contribution is 5.96. The smallest absolute Gasteiger partial charge is 0.407 e. The first-order chi connectivity index (χ1) is 16.2. The number of aliphatic carboxylic acids is 1. The Labute approximate surface area is 206 Å². The van der Waals surface area contributed by atoms with Crippen molar-refractivity contribution in [2.45, 2.75) is 78.0 Å². The Bertz CT molecular complexity index is 769. The Morgan fingerprint density at radius 3 is 2.17 bits per heavy atom. The summed E-state index contributed by atoms with van der Waals surface area (Å²) in [7, 11) is 0. The van der Waals surface area contributed by atoms with Crippen LogP contribution in [0, 0.1) is 11.8 Å². The molecule has 7 N–H and O–H groups in total. The summed E-state index contributed by atoms with van der Waals surface area (Å²) in [6.45, 7) is 13.3. The molecular formula is C23H41N5O7. The molecule has 0 saturated heterocycles. The number of ether oxygens (including phenoxy) is 1. The molecule has 35 heavy (non-hydrogen) atoms. The van der Waals surface area contributed by atoms with Gasteiger partial charge in [-0.3, -0.25) is 14.4 Å². The minimum absolute atomic E-state index is 0.00381. The number of hydrogen-bond donors (Lipinski definition) is 6. The fourth-order valence-corrected chi connectivity index (χ4v) is 2.91. The second kappa shape index (κ2) is 15.0. The van der Waals surface area contributed by atoms with E-state index in [-0.39, 0.29) is 31.4 Å². The number of amides is 4. The van der Waals surface area contributed by atoms with Crippen molar-refractivity contribution >= 4 is 29.8 Å². The van der Waals surface area contributed by atoms with Crippen LogP contribution < -0.4 is 27.0 Å². The maximum Gasteiger partial charge on any atom is 0.407 e. The van der Waals surface area contributed by atoms with Crippen LogP contribution in [0.5, 0.6) is 0 Å². The van der Waals surface area contributed by atoms with E-state index in [1.807, 2.05) is 20.8 Å². The first-order valence-corrected chi connectivity index (χ1v) is 11.6. The van der Waals surface area contributed by atoms with Gasteiger partial charge in [-0.2, -0.15) is 0 Å². The molecule has 12 heteroatoms. The van der Waals surface area contributed by atoms with E-state index >= 15 is 0 Å². The molecule has 12 nitrogen and oxygen atoms in total. The Hall–Kier alpha value is -3.15. The number of hydrogen-bond acceptors (Lipinski definition) is 7. The van der Waals surface area contributed by atoms with Crippen LogP contribution in [0.3, 0.4) is 0 Å². The molecule has 0 aromatic rings. The maximum absolute atomic E-state index is 13.0. The zero-order chi connectivity index (χ0) is 27.3. The number of carboxylic acids is 1. The van der Waals surface area contributed by atoms with Crippen LogP contribution in [0.4, 0.5) is 4.79 Å². The molecule has 0 unspecified atom stereocenters. The van der Waals surface area contributed by atoms with Crippen molar-refractivity contribution in [2.75, 3.05) is 13.2 Å². The number of nitrogens with one attached hydrogen (secondary N) is 4. The van der Waals surface area contributed by atoms with Crippen molar-refractivity contribution in [3.05, 3.63) is 12.7 Å². The lowest BCUT2D eigenvalue weighted by molar-refractivity contribution is -0.144. The zero-order valence-corrected chi connectivity index (χ0v) is 21.5. The van der Waals surface area contributed by atoms with E-state index in [4.69, 9.17) is 10.5 Å². The molecule has 200 valence electrons. The number of rotatable bonds is 15. The van der Waals surface area contributed by atoms with Crippen LogP contribution in [-0.4, -0.2) is 71.7 Å². The van der Waals surface area contributed by atoms with Crippen molar-refractivity contribution in [3.63, 3.8) is 0 Å². The standard InChI is InChI=1S/C23H41N5O7/c1-8-10-35-22(34)25-12-15(24)18(29)28-23(6,7)21(33)26-16(11-13(3)4)19(30)27-17(20(31)32)14(5)9-2/h8,13-17H,1,9-12,24H2,2-7H3,(H,25,34)(H,26,33)(H,27,30)(H,28,29)(H,31,32)/t14-,15-,16-,17-/m0/s1. The molecule has 0 rings (SSSR count). The summed E-state index contributed by atoms with van der Waals surface area (Å²) in [5, 5.41) is 19.4. The van der Waals surface area contributed by atoms with Gasteiger partial charge in [0.1, 0.15) is 30.3 Å². The largest absolute Gasteiger partial charge is 0.480 e. The summed E-state index contributed by atoms with van der Waals surface area (Å²) in [4.78, 5) is 61.3. The average molecular weight is 500 g/mol. The van der Waals surface area contributed by atoms with Gasteiger partial charge in [-0.05, 0) is 32.1 Å². The van der Waals surface area contributed by atoms with E-state index in [9.17, 15) is 29.1 Å². The van der Waals surface area contributed by atoms with Crippen molar-refractivity contribution in [3.8, 4) is 0 Å². The van der Waals surface area contributed by atoms with Crippen LogP contribution in [0.15, 0.2) is 12.7 Å². The van der Waals surface area contributed by atoms with E-state index in [2.05, 4.69) is 27.8 Å².